The summed E-state index contributed by atoms with van der Waals surface area (Å²) in [6.45, 7) is 5.21. The molecule has 5 heterocycles. The van der Waals surface area contributed by atoms with Gasteiger partial charge in [0, 0.05) is 67.3 Å². The van der Waals surface area contributed by atoms with E-state index < -0.39 is 10.0 Å². The van der Waals surface area contributed by atoms with E-state index >= 15 is 0 Å². The zero-order chi connectivity index (χ0) is 27.7. The molecule has 1 aliphatic heterocycles. The van der Waals surface area contributed by atoms with Crippen LogP contribution in [0.4, 0.5) is 5.69 Å². The van der Waals surface area contributed by atoms with Crippen molar-refractivity contribution in [3.63, 3.8) is 0 Å². The molecule has 0 aliphatic carbocycles. The molecule has 0 spiro atoms. The second kappa shape index (κ2) is 10.4. The van der Waals surface area contributed by atoms with E-state index in [1.807, 2.05) is 19.9 Å². The topological polar surface area (TPSA) is 168 Å². The van der Waals surface area contributed by atoms with E-state index in [1.165, 1.54) is 21.4 Å². The van der Waals surface area contributed by atoms with Gasteiger partial charge in [-0.3, -0.25) is 4.79 Å². The van der Waals surface area contributed by atoms with Gasteiger partial charge in [0.15, 0.2) is 11.5 Å². The zero-order valence-electron chi connectivity index (χ0n) is 21.7. The third kappa shape index (κ3) is 5.56. The lowest BCUT2D eigenvalue weighted by Gasteiger charge is -2.33. The molecule has 0 atom stereocenters. The molecule has 0 bridgehead atoms. The summed E-state index contributed by atoms with van der Waals surface area (Å²) in [5, 5.41) is 26.1. The Morgan fingerprint density at radius 1 is 1.13 bits per heavy atom. The summed E-state index contributed by atoms with van der Waals surface area (Å²) in [4.78, 5) is 23.4. The first-order chi connectivity index (χ1) is 18.6. The fraction of sp³-hybridized carbons (Fsp3) is 0.375. The first-order valence-electron chi connectivity index (χ1n) is 12.3. The van der Waals surface area contributed by atoms with Gasteiger partial charge in [-0.2, -0.15) is 19.3 Å². The van der Waals surface area contributed by atoms with Crippen molar-refractivity contribution in [3.8, 4) is 23.1 Å². The van der Waals surface area contributed by atoms with Gasteiger partial charge in [-0.15, -0.1) is 5.10 Å². The number of sulfonamides is 1. The Balaban J connectivity index is 1.36. The maximum absolute atomic E-state index is 12.8. The van der Waals surface area contributed by atoms with Gasteiger partial charge < -0.3 is 10.2 Å². The van der Waals surface area contributed by atoms with Crippen LogP contribution in [0.2, 0.25) is 0 Å². The molecule has 5 rings (SSSR count). The highest BCUT2D eigenvalue weighted by atomic mass is 32.2. The van der Waals surface area contributed by atoms with E-state index in [-0.39, 0.29) is 31.6 Å². The van der Waals surface area contributed by atoms with Crippen molar-refractivity contribution < 1.29 is 13.2 Å². The summed E-state index contributed by atoms with van der Waals surface area (Å²) in [6, 6.07) is 5.74. The molecule has 14 nitrogen and oxygen atoms in total. The number of hydrogen-bond donors (Lipinski definition) is 1. The Bertz CT molecular complexity index is 1680. The SMILES string of the molecule is CC(C)Nc1cc(-n2ncc3cc(C#N)cnc32)ncc1-c1cn(CC(=O)N2CCN(S(C)(=O)=O)CC2)nn1. The van der Waals surface area contributed by atoms with Crippen LogP contribution in [0.5, 0.6) is 0 Å². The molecule has 15 heteroatoms. The summed E-state index contributed by atoms with van der Waals surface area (Å²) in [5.74, 6) is 0.371. The number of carbonyl (C=O) groups excluding carboxylic acids is 1. The predicted octanol–water partition coefficient (Wildman–Crippen LogP) is 0.870. The number of rotatable bonds is 7. The Kier molecular flexibility index (Phi) is 6.98. The summed E-state index contributed by atoms with van der Waals surface area (Å²) in [6.07, 6.45) is 7.65. The highest BCUT2D eigenvalue weighted by molar-refractivity contribution is 7.88. The highest BCUT2D eigenvalue weighted by Gasteiger charge is 2.26. The predicted molar refractivity (Wildman–Crippen MR) is 142 cm³/mol. The van der Waals surface area contributed by atoms with Gasteiger partial charge in [-0.05, 0) is 19.9 Å². The van der Waals surface area contributed by atoms with E-state index in [0.29, 0.717) is 41.4 Å². The average molecular weight is 550 g/mol. The standard InChI is InChI=1S/C24H27N11O3S/c1-16(2)29-20-9-22(35-24-18(12-28-35)8-17(10-25)11-27-24)26-13-19(20)21-14-33(31-30-21)15-23(36)32-4-6-34(7-5-32)39(3,37)38/h8-9,11-14,16H,4-7,15H2,1-3H3,(H,26,29). The number of nitrogens with one attached hydrogen (secondary N) is 1. The maximum atomic E-state index is 12.8. The van der Waals surface area contributed by atoms with Crippen molar-refractivity contribution in [2.45, 2.75) is 26.4 Å². The molecule has 1 aliphatic rings. The number of carbonyl (C=O) groups is 1. The van der Waals surface area contributed by atoms with Crippen LogP contribution in [0.3, 0.4) is 0 Å². The van der Waals surface area contributed by atoms with Gasteiger partial charge in [0.25, 0.3) is 0 Å². The Hall–Kier alpha value is -4.42. The van der Waals surface area contributed by atoms with Crippen molar-refractivity contribution in [3.05, 3.63) is 42.5 Å². The van der Waals surface area contributed by atoms with E-state index in [4.69, 9.17) is 5.26 Å². The molecular formula is C24H27N11O3S. The summed E-state index contributed by atoms with van der Waals surface area (Å²) in [7, 11) is -3.27. The minimum atomic E-state index is -3.27. The summed E-state index contributed by atoms with van der Waals surface area (Å²) < 4.78 is 27.9. The largest absolute Gasteiger partial charge is 0.382 e. The molecule has 4 aromatic heterocycles. The lowest BCUT2D eigenvalue weighted by atomic mass is 10.1. The average Bonchev–Trinajstić information content (AvgIpc) is 3.54. The minimum absolute atomic E-state index is 0.0139. The first kappa shape index (κ1) is 26.2. The number of aromatic nitrogens is 7. The molecule has 202 valence electrons. The van der Waals surface area contributed by atoms with Gasteiger partial charge in [-0.25, -0.2) is 23.1 Å². The quantitative estimate of drug-likeness (QED) is 0.349. The van der Waals surface area contributed by atoms with Gasteiger partial charge in [0.05, 0.1) is 24.2 Å². The van der Waals surface area contributed by atoms with Crippen molar-refractivity contribution in [2.24, 2.45) is 0 Å². The van der Waals surface area contributed by atoms with Crippen molar-refractivity contribution >= 4 is 32.7 Å². The maximum Gasteiger partial charge on any atom is 0.244 e. The Morgan fingerprint density at radius 2 is 1.90 bits per heavy atom. The van der Waals surface area contributed by atoms with E-state index in [2.05, 4.69) is 36.8 Å². The molecule has 0 aromatic carbocycles. The van der Waals surface area contributed by atoms with Crippen LogP contribution in [-0.2, 0) is 21.4 Å². The molecule has 4 aromatic rings. The molecule has 1 saturated heterocycles. The number of amides is 1. The normalized spacial score (nSPS) is 14.6. The number of nitriles is 1. The number of fused-ring (bicyclic) bond motifs is 1. The monoisotopic (exact) mass is 549 g/mol. The molecule has 0 radical (unpaired) electrons. The van der Waals surface area contributed by atoms with E-state index in [0.717, 1.165) is 11.1 Å². The zero-order valence-corrected chi connectivity index (χ0v) is 22.5. The molecule has 1 amide bonds. The van der Waals surface area contributed by atoms with Gasteiger partial charge in [0.1, 0.15) is 18.3 Å². The summed E-state index contributed by atoms with van der Waals surface area (Å²) in [5.41, 5.74) is 3.01. The lowest BCUT2D eigenvalue weighted by molar-refractivity contribution is -0.133. The van der Waals surface area contributed by atoms with Crippen molar-refractivity contribution in [1.82, 2.24) is 43.9 Å². The van der Waals surface area contributed by atoms with Crippen LogP contribution >= 0.6 is 0 Å². The number of pyridine rings is 2. The lowest BCUT2D eigenvalue weighted by Crippen LogP contribution is -2.51. The van der Waals surface area contributed by atoms with Gasteiger partial charge in [-0.1, -0.05) is 5.21 Å². The highest BCUT2D eigenvalue weighted by Crippen LogP contribution is 2.29. The van der Waals surface area contributed by atoms with Crippen molar-refractivity contribution in [2.75, 3.05) is 37.8 Å². The fourth-order valence-corrected chi connectivity index (χ4v) is 5.18. The number of hydrogen-bond acceptors (Lipinski definition) is 10. The van der Waals surface area contributed by atoms with Crippen LogP contribution in [0.25, 0.3) is 28.1 Å². The van der Waals surface area contributed by atoms with E-state index in [1.54, 1.807) is 34.2 Å². The Labute approximate surface area is 224 Å². The first-order valence-corrected chi connectivity index (χ1v) is 14.1. The van der Waals surface area contributed by atoms with E-state index in [9.17, 15) is 13.2 Å². The smallest absolute Gasteiger partial charge is 0.244 e. The van der Waals surface area contributed by atoms with Crippen LogP contribution in [-0.4, -0.2) is 96.7 Å². The third-order valence-corrected chi connectivity index (χ3v) is 7.56. The molecule has 1 fully saturated rings. The summed E-state index contributed by atoms with van der Waals surface area (Å²) >= 11 is 0. The van der Waals surface area contributed by atoms with Crippen LogP contribution < -0.4 is 5.32 Å². The minimum Gasteiger partial charge on any atom is -0.382 e. The molecular weight excluding hydrogens is 522 g/mol. The van der Waals surface area contributed by atoms with Crippen LogP contribution in [0.1, 0.15) is 19.4 Å². The molecule has 39 heavy (non-hydrogen) atoms. The second-order valence-electron chi connectivity index (χ2n) is 9.54. The van der Waals surface area contributed by atoms with Crippen LogP contribution in [0.15, 0.2) is 36.9 Å². The molecule has 0 unspecified atom stereocenters. The van der Waals surface area contributed by atoms with Crippen LogP contribution in [0, 0.1) is 11.3 Å². The molecule has 1 N–H and O–H groups in total. The Morgan fingerprint density at radius 3 is 2.59 bits per heavy atom. The number of anilines is 1. The van der Waals surface area contributed by atoms with Crippen molar-refractivity contribution in [1.29, 1.82) is 5.26 Å². The molecule has 0 saturated carbocycles. The number of nitrogens with zero attached hydrogens (tertiary/aromatic N) is 10. The second-order valence-corrected chi connectivity index (χ2v) is 11.5. The number of piperazine rings is 1. The van der Waals surface area contributed by atoms with Gasteiger partial charge in [0.2, 0.25) is 15.9 Å². The third-order valence-electron chi connectivity index (χ3n) is 6.26. The van der Waals surface area contributed by atoms with Gasteiger partial charge >= 0.3 is 0 Å². The fourth-order valence-electron chi connectivity index (χ4n) is 4.35.